The van der Waals surface area contributed by atoms with Crippen LogP contribution in [0, 0.1) is 0 Å². The summed E-state index contributed by atoms with van der Waals surface area (Å²) in [5.41, 5.74) is 6.63. The molecule has 0 aliphatic carbocycles. The van der Waals surface area contributed by atoms with Gasteiger partial charge in [-0.25, -0.2) is 0 Å². The van der Waals surface area contributed by atoms with Crippen molar-refractivity contribution in [2.75, 3.05) is 11.1 Å². The molecule has 0 saturated carbocycles. The number of nitrogen functional groups attached to an aromatic ring is 1. The Morgan fingerprint density at radius 1 is 1.08 bits per heavy atom. The molecule has 7 nitrogen and oxygen atoms in total. The van der Waals surface area contributed by atoms with Crippen LogP contribution in [0.15, 0.2) is 63.6 Å². The summed E-state index contributed by atoms with van der Waals surface area (Å²) in [6, 6.07) is 14.3. The van der Waals surface area contributed by atoms with Crippen LogP contribution in [-0.2, 0) is 6.54 Å². The number of nitrogens with zero attached hydrogens (tertiary/aromatic N) is 3. The van der Waals surface area contributed by atoms with Gasteiger partial charge >= 0.3 is 0 Å². The molecular weight excluding hydrogens is 375 g/mol. The minimum Gasteiger partial charge on any atom is -0.369 e. The Bertz CT molecular complexity index is 1000. The number of benzene rings is 2. The monoisotopic (exact) mass is 388 g/mol. The first kappa shape index (κ1) is 17.9. The number of hydrogen-bond acceptors (Lipinski definition) is 6. The number of rotatable bonds is 5. The van der Waals surface area contributed by atoms with Gasteiger partial charge < -0.3 is 11.1 Å². The van der Waals surface area contributed by atoms with Crippen molar-refractivity contribution in [3.8, 4) is 0 Å². The Hall–Kier alpha value is -2.90. The van der Waals surface area contributed by atoms with E-state index in [2.05, 4.69) is 25.5 Å². The van der Waals surface area contributed by atoms with Crippen molar-refractivity contribution in [3.05, 3.63) is 74.5 Å². The summed E-state index contributed by atoms with van der Waals surface area (Å²) < 4.78 is 0. The molecule has 3 rings (SSSR count). The van der Waals surface area contributed by atoms with Crippen molar-refractivity contribution in [1.29, 1.82) is 0 Å². The number of hydrogen-bond donors (Lipinski definition) is 3. The average molecular weight is 389 g/mol. The van der Waals surface area contributed by atoms with Gasteiger partial charge in [0.15, 0.2) is 11.5 Å². The minimum atomic E-state index is -0.492. The Balaban J connectivity index is 1.87. The third-order valence-corrected chi connectivity index (χ3v) is 4.12. The van der Waals surface area contributed by atoms with Crippen LogP contribution >= 0.6 is 23.2 Å². The number of aromatic nitrogens is 2. The predicted octanol–water partition coefficient (Wildman–Crippen LogP) is 4.69. The smallest absolute Gasteiger partial charge is 0.282 e. The zero-order valence-corrected chi connectivity index (χ0v) is 14.9. The summed E-state index contributed by atoms with van der Waals surface area (Å²) in [6.45, 7) is 0.348. The molecule has 132 valence electrons. The van der Waals surface area contributed by atoms with Crippen LogP contribution < -0.4 is 16.6 Å². The van der Waals surface area contributed by atoms with E-state index in [1.54, 1.807) is 24.3 Å². The fraction of sp³-hybridized carbons (Fsp3) is 0.0588. The molecule has 0 aliphatic rings. The van der Waals surface area contributed by atoms with Crippen molar-refractivity contribution in [2.45, 2.75) is 6.54 Å². The topological polar surface area (TPSA) is 109 Å². The summed E-state index contributed by atoms with van der Waals surface area (Å²) >= 11 is 11.9. The van der Waals surface area contributed by atoms with Crippen LogP contribution in [-0.4, -0.2) is 9.97 Å². The largest absolute Gasteiger partial charge is 0.369 e. The van der Waals surface area contributed by atoms with E-state index in [4.69, 9.17) is 28.9 Å². The van der Waals surface area contributed by atoms with Crippen molar-refractivity contribution < 1.29 is 0 Å². The number of anilines is 2. The highest BCUT2D eigenvalue weighted by Crippen LogP contribution is 2.25. The molecule has 26 heavy (non-hydrogen) atoms. The molecule has 0 atom stereocenters. The van der Waals surface area contributed by atoms with Gasteiger partial charge in [-0.05, 0) is 29.8 Å². The van der Waals surface area contributed by atoms with E-state index < -0.39 is 5.56 Å². The molecule has 1 heterocycles. The van der Waals surface area contributed by atoms with Crippen molar-refractivity contribution in [3.63, 3.8) is 0 Å². The van der Waals surface area contributed by atoms with E-state index in [-0.39, 0.29) is 17.5 Å². The number of halogens is 2. The second kappa shape index (κ2) is 7.99. The summed E-state index contributed by atoms with van der Waals surface area (Å²) in [5, 5.41) is 12.0. The van der Waals surface area contributed by atoms with E-state index in [1.807, 2.05) is 24.3 Å². The molecule has 0 bridgehead atoms. The minimum absolute atomic E-state index is 0.0229. The number of nitrogens with two attached hydrogens (primary N) is 1. The van der Waals surface area contributed by atoms with Crippen LogP contribution in [0.4, 0.5) is 23.1 Å². The molecular formula is C17H14Cl2N6O. The van der Waals surface area contributed by atoms with E-state index in [9.17, 15) is 4.79 Å². The average Bonchev–Trinajstić information content (AvgIpc) is 2.62. The fourth-order valence-electron chi connectivity index (χ4n) is 2.14. The van der Waals surface area contributed by atoms with E-state index in [0.29, 0.717) is 22.3 Å². The Morgan fingerprint density at radius 2 is 1.85 bits per heavy atom. The predicted molar refractivity (Wildman–Crippen MR) is 104 cm³/mol. The summed E-state index contributed by atoms with van der Waals surface area (Å²) in [5.74, 6) is 0.197. The molecule has 9 heteroatoms. The third-order valence-electron chi connectivity index (χ3n) is 3.38. The van der Waals surface area contributed by atoms with Gasteiger partial charge in [-0.2, -0.15) is 10.1 Å². The second-order valence-corrected chi connectivity index (χ2v) is 6.10. The van der Waals surface area contributed by atoms with Gasteiger partial charge in [0.25, 0.3) is 5.56 Å². The van der Waals surface area contributed by atoms with Crippen LogP contribution in [0.2, 0.25) is 10.0 Å². The lowest BCUT2D eigenvalue weighted by atomic mass is 10.2. The molecule has 0 fully saturated rings. The Kier molecular flexibility index (Phi) is 5.50. The van der Waals surface area contributed by atoms with Gasteiger partial charge in [0, 0.05) is 6.54 Å². The van der Waals surface area contributed by atoms with E-state index >= 15 is 0 Å². The highest BCUT2D eigenvalue weighted by atomic mass is 35.5. The fourth-order valence-corrected chi connectivity index (χ4v) is 2.46. The van der Waals surface area contributed by atoms with Crippen molar-refractivity contribution >= 4 is 46.3 Å². The highest BCUT2D eigenvalue weighted by Gasteiger charge is 2.11. The third kappa shape index (κ3) is 4.38. The van der Waals surface area contributed by atoms with Gasteiger partial charge in [0.2, 0.25) is 5.95 Å². The van der Waals surface area contributed by atoms with Gasteiger partial charge in [0.1, 0.15) is 0 Å². The molecule has 3 aromatic rings. The number of nitrogens with one attached hydrogen (secondary N) is 2. The van der Waals surface area contributed by atoms with Gasteiger partial charge in [-0.3, -0.25) is 9.78 Å². The van der Waals surface area contributed by atoms with Crippen molar-refractivity contribution in [1.82, 2.24) is 9.97 Å². The normalized spacial score (nSPS) is 11.0. The number of aromatic amines is 1. The SMILES string of the molecule is Nc1nc(NCc2ccc(Cl)c(Cl)c2)c(N=Nc2ccccc2)c(=O)[nH]1. The molecule has 4 N–H and O–H groups in total. The van der Waals surface area contributed by atoms with Crippen LogP contribution in [0.5, 0.6) is 0 Å². The molecule has 2 aromatic carbocycles. The molecule has 0 amide bonds. The number of H-pyrrole nitrogens is 1. The quantitative estimate of drug-likeness (QED) is 0.550. The Morgan fingerprint density at radius 3 is 2.58 bits per heavy atom. The zero-order chi connectivity index (χ0) is 18.5. The first-order chi connectivity index (χ1) is 12.5. The first-order valence-electron chi connectivity index (χ1n) is 7.57. The van der Waals surface area contributed by atoms with Crippen LogP contribution in [0.1, 0.15) is 5.56 Å². The zero-order valence-electron chi connectivity index (χ0n) is 13.4. The van der Waals surface area contributed by atoms with E-state index in [0.717, 1.165) is 5.56 Å². The van der Waals surface area contributed by atoms with Crippen LogP contribution in [0.3, 0.4) is 0 Å². The maximum atomic E-state index is 12.2. The summed E-state index contributed by atoms with van der Waals surface area (Å²) in [7, 11) is 0. The molecule has 0 radical (unpaired) electrons. The number of azo groups is 1. The lowest BCUT2D eigenvalue weighted by molar-refractivity contribution is 1.05. The van der Waals surface area contributed by atoms with Gasteiger partial charge in [-0.15, -0.1) is 5.11 Å². The molecule has 0 unspecified atom stereocenters. The lowest BCUT2D eigenvalue weighted by Crippen LogP contribution is -2.14. The van der Waals surface area contributed by atoms with Crippen molar-refractivity contribution in [2.24, 2.45) is 10.2 Å². The standard InChI is InChI=1S/C17H14Cl2N6O/c18-12-7-6-10(8-13(12)19)9-21-15-14(16(26)23-17(20)22-15)25-24-11-4-2-1-3-5-11/h1-8H,9H2,(H4,20,21,22,23,26). The maximum absolute atomic E-state index is 12.2. The maximum Gasteiger partial charge on any atom is 0.282 e. The lowest BCUT2D eigenvalue weighted by Gasteiger charge is -2.09. The van der Waals surface area contributed by atoms with Crippen LogP contribution in [0.25, 0.3) is 0 Å². The molecule has 1 aromatic heterocycles. The first-order valence-corrected chi connectivity index (χ1v) is 8.33. The van der Waals surface area contributed by atoms with E-state index in [1.165, 1.54) is 0 Å². The van der Waals surface area contributed by atoms with Gasteiger partial charge in [-0.1, -0.05) is 47.5 Å². The summed E-state index contributed by atoms with van der Waals surface area (Å²) in [4.78, 5) is 18.7. The Labute approximate surface area is 158 Å². The molecule has 0 saturated heterocycles. The molecule has 0 spiro atoms. The molecule has 0 aliphatic heterocycles. The summed E-state index contributed by atoms with van der Waals surface area (Å²) in [6.07, 6.45) is 0. The van der Waals surface area contributed by atoms with Gasteiger partial charge in [0.05, 0.1) is 15.7 Å². The highest BCUT2D eigenvalue weighted by molar-refractivity contribution is 6.42. The second-order valence-electron chi connectivity index (χ2n) is 5.29.